The summed E-state index contributed by atoms with van der Waals surface area (Å²) in [5.74, 6) is -0.0741. The van der Waals surface area contributed by atoms with Gasteiger partial charge in [-0.1, -0.05) is 0 Å². The van der Waals surface area contributed by atoms with Crippen molar-refractivity contribution in [2.24, 2.45) is 10.7 Å². The molecule has 0 aliphatic rings. The Morgan fingerprint density at radius 2 is 1.33 bits per heavy atom. The van der Waals surface area contributed by atoms with E-state index in [4.69, 9.17) is 5.73 Å². The number of rotatable bonds is 4. The summed E-state index contributed by atoms with van der Waals surface area (Å²) in [5, 5.41) is 3.18. The van der Waals surface area contributed by atoms with E-state index in [9.17, 15) is 0 Å². The Hall–Kier alpha value is -0.850. The van der Waals surface area contributed by atoms with Gasteiger partial charge in [-0.25, -0.2) is 0 Å². The first-order valence-corrected chi connectivity index (χ1v) is 4.81. The smallest absolute Gasteiger partial charge is 0.211 e. The van der Waals surface area contributed by atoms with E-state index < -0.39 is 5.91 Å². The van der Waals surface area contributed by atoms with Gasteiger partial charge in [-0.15, -0.1) is 0 Å². The highest BCUT2D eigenvalue weighted by molar-refractivity contribution is 5.78. The molecule has 0 aliphatic carbocycles. The molecular weight excluding hydrogens is 192 g/mol. The fourth-order valence-electron chi connectivity index (χ4n) is 1.76. The van der Waals surface area contributed by atoms with Crippen molar-refractivity contribution in [1.82, 2.24) is 20.0 Å². The van der Waals surface area contributed by atoms with Gasteiger partial charge in [0.05, 0.1) is 0 Å². The molecule has 90 valence electrons. The maximum absolute atomic E-state index is 5.73. The zero-order chi connectivity index (χ0) is 12.2. The lowest BCUT2D eigenvalue weighted by atomic mass is 10.4. The summed E-state index contributed by atoms with van der Waals surface area (Å²) in [6.07, 6.45) is 0. The Balaban J connectivity index is 5.14. The summed E-state index contributed by atoms with van der Waals surface area (Å²) in [6, 6.07) is 0. The monoisotopic (exact) mass is 216 g/mol. The highest BCUT2D eigenvalue weighted by Crippen LogP contribution is 2.13. The number of nitrogens with zero attached hydrogens (tertiary/aromatic N) is 4. The van der Waals surface area contributed by atoms with Gasteiger partial charge >= 0.3 is 0 Å². The topological polar surface area (TPSA) is 60.1 Å². The fourth-order valence-corrected chi connectivity index (χ4v) is 1.76. The van der Waals surface area contributed by atoms with Crippen molar-refractivity contribution in [1.29, 1.82) is 0 Å². The average Bonchev–Trinajstić information content (AvgIpc) is 2.11. The molecule has 0 unspecified atom stereocenters. The molecule has 0 aromatic carbocycles. The first kappa shape index (κ1) is 14.2. The lowest BCUT2D eigenvalue weighted by molar-refractivity contribution is -0.121. The van der Waals surface area contributed by atoms with Crippen LogP contribution >= 0.6 is 0 Å². The summed E-state index contributed by atoms with van der Waals surface area (Å²) in [7, 11) is 13.6. The minimum absolute atomic E-state index is 0.408. The van der Waals surface area contributed by atoms with Gasteiger partial charge in [0.15, 0.2) is 5.96 Å². The molecule has 6 heteroatoms. The third-order valence-corrected chi connectivity index (χ3v) is 2.41. The summed E-state index contributed by atoms with van der Waals surface area (Å²) < 4.78 is 0. The van der Waals surface area contributed by atoms with Gasteiger partial charge < -0.3 is 11.1 Å². The fraction of sp³-hybridized carbons (Fsp3) is 0.889. The van der Waals surface area contributed by atoms with E-state index in [-0.39, 0.29) is 0 Å². The Morgan fingerprint density at radius 1 is 1.00 bits per heavy atom. The molecule has 0 radical (unpaired) electrons. The molecule has 0 bridgehead atoms. The van der Waals surface area contributed by atoms with Crippen LogP contribution in [0, 0.1) is 0 Å². The first-order chi connectivity index (χ1) is 6.78. The lowest BCUT2D eigenvalue weighted by Gasteiger charge is -2.49. The number of aliphatic imine (C=N–C) groups is 1. The summed E-state index contributed by atoms with van der Waals surface area (Å²) in [6.45, 7) is 0. The third kappa shape index (κ3) is 2.80. The molecule has 15 heavy (non-hydrogen) atoms. The Morgan fingerprint density at radius 3 is 1.53 bits per heavy atom. The zero-order valence-corrected chi connectivity index (χ0v) is 10.9. The number of guanidine groups is 1. The van der Waals surface area contributed by atoms with Crippen LogP contribution in [0.3, 0.4) is 0 Å². The van der Waals surface area contributed by atoms with Crippen LogP contribution in [0.1, 0.15) is 0 Å². The zero-order valence-electron chi connectivity index (χ0n) is 10.9. The van der Waals surface area contributed by atoms with Crippen molar-refractivity contribution in [3.8, 4) is 0 Å². The van der Waals surface area contributed by atoms with Crippen LogP contribution in [-0.4, -0.2) is 75.9 Å². The number of hydrogen-bond acceptors (Lipinski definition) is 4. The minimum Gasteiger partial charge on any atom is -0.370 e. The van der Waals surface area contributed by atoms with Crippen LogP contribution in [0.25, 0.3) is 0 Å². The van der Waals surface area contributed by atoms with Crippen LogP contribution in [0.2, 0.25) is 0 Å². The summed E-state index contributed by atoms with van der Waals surface area (Å²) in [5.41, 5.74) is 5.73. The molecule has 6 nitrogen and oxygen atoms in total. The maximum atomic E-state index is 5.73. The molecule has 0 aliphatic heterocycles. The number of nitrogens with two attached hydrogens (primary N) is 1. The molecular formula is C9H24N6. The minimum atomic E-state index is -0.483. The van der Waals surface area contributed by atoms with Crippen LogP contribution in [0.4, 0.5) is 0 Å². The molecule has 0 aromatic heterocycles. The van der Waals surface area contributed by atoms with Crippen molar-refractivity contribution in [2.45, 2.75) is 5.91 Å². The van der Waals surface area contributed by atoms with E-state index in [0.717, 1.165) is 0 Å². The van der Waals surface area contributed by atoms with Crippen molar-refractivity contribution in [3.05, 3.63) is 0 Å². The van der Waals surface area contributed by atoms with Gasteiger partial charge in [-0.2, -0.15) is 0 Å². The predicted octanol–water partition coefficient (Wildman–Crippen LogP) is -1.18. The average molecular weight is 216 g/mol. The molecule has 0 atom stereocenters. The van der Waals surface area contributed by atoms with Crippen molar-refractivity contribution < 1.29 is 0 Å². The molecule has 0 saturated heterocycles. The van der Waals surface area contributed by atoms with Gasteiger partial charge in [0.2, 0.25) is 5.91 Å². The van der Waals surface area contributed by atoms with Gasteiger partial charge in [-0.3, -0.25) is 19.7 Å². The number of hydrogen-bond donors (Lipinski definition) is 2. The molecule has 0 amide bonds. The second kappa shape index (κ2) is 5.29. The number of nitrogens with one attached hydrogen (secondary N) is 1. The second-order valence-electron chi connectivity index (χ2n) is 4.05. The normalized spacial score (nSPS) is 14.1. The standard InChI is InChI=1S/C9H24N6/c1-11-8(10)12-9(13(2)3,14(4)5)15(6)7/h1-7H3,(H3,10,11,12). The SMILES string of the molecule is CN=C(N)NC(N(C)C)(N(C)C)N(C)C. The summed E-state index contributed by atoms with van der Waals surface area (Å²) >= 11 is 0. The van der Waals surface area contributed by atoms with E-state index in [1.54, 1.807) is 7.05 Å². The lowest BCUT2D eigenvalue weighted by Crippen LogP contribution is -2.74. The highest BCUT2D eigenvalue weighted by atomic mass is 15.6. The van der Waals surface area contributed by atoms with Gasteiger partial charge in [0.1, 0.15) is 0 Å². The van der Waals surface area contributed by atoms with Crippen LogP contribution < -0.4 is 11.1 Å². The molecule has 3 N–H and O–H groups in total. The third-order valence-electron chi connectivity index (χ3n) is 2.41. The molecule has 0 aromatic rings. The Labute approximate surface area is 92.7 Å². The van der Waals surface area contributed by atoms with Crippen molar-refractivity contribution in [3.63, 3.8) is 0 Å². The highest BCUT2D eigenvalue weighted by Gasteiger charge is 2.38. The van der Waals surface area contributed by atoms with E-state index >= 15 is 0 Å². The molecule has 0 spiro atoms. The predicted molar refractivity (Wildman–Crippen MR) is 64.5 cm³/mol. The van der Waals surface area contributed by atoms with Crippen LogP contribution in [-0.2, 0) is 0 Å². The van der Waals surface area contributed by atoms with E-state index in [1.165, 1.54) is 0 Å². The Bertz CT molecular complexity index is 199. The second-order valence-corrected chi connectivity index (χ2v) is 4.05. The molecule has 0 fully saturated rings. The van der Waals surface area contributed by atoms with E-state index in [2.05, 4.69) is 10.3 Å². The molecule has 0 saturated carbocycles. The maximum Gasteiger partial charge on any atom is 0.211 e. The van der Waals surface area contributed by atoms with Gasteiger partial charge in [0.25, 0.3) is 0 Å². The van der Waals surface area contributed by atoms with Gasteiger partial charge in [-0.05, 0) is 42.3 Å². The Kier molecular flexibility index (Phi) is 4.99. The first-order valence-electron chi connectivity index (χ1n) is 4.81. The van der Waals surface area contributed by atoms with Gasteiger partial charge in [0, 0.05) is 7.05 Å². The van der Waals surface area contributed by atoms with Crippen LogP contribution in [0.5, 0.6) is 0 Å². The van der Waals surface area contributed by atoms with Crippen LogP contribution in [0.15, 0.2) is 4.99 Å². The quantitative estimate of drug-likeness (QED) is 0.352. The van der Waals surface area contributed by atoms with Crippen molar-refractivity contribution in [2.75, 3.05) is 49.3 Å². The van der Waals surface area contributed by atoms with Crippen molar-refractivity contribution >= 4 is 5.96 Å². The van der Waals surface area contributed by atoms with E-state index in [0.29, 0.717) is 5.96 Å². The van der Waals surface area contributed by atoms with E-state index in [1.807, 2.05) is 57.0 Å². The summed E-state index contributed by atoms with van der Waals surface area (Å²) in [4.78, 5) is 10.0. The molecule has 0 heterocycles. The molecule has 0 rings (SSSR count). The largest absolute Gasteiger partial charge is 0.370 e.